The van der Waals surface area contributed by atoms with Gasteiger partial charge in [0.2, 0.25) is 47.3 Å². The molecule has 1 heterocycles. The number of carboxylic acids is 1. The highest BCUT2D eigenvalue weighted by Gasteiger charge is 2.40. The zero-order valence-corrected chi connectivity index (χ0v) is 34.4. The van der Waals surface area contributed by atoms with Crippen molar-refractivity contribution >= 4 is 59.2 Å². The molecule has 1 aliphatic heterocycles. The molecule has 0 saturated carbocycles. The van der Waals surface area contributed by atoms with Crippen molar-refractivity contribution in [3.05, 3.63) is 0 Å². The molecule has 0 bridgehead atoms. The van der Waals surface area contributed by atoms with Gasteiger partial charge < -0.3 is 80.2 Å². The van der Waals surface area contributed by atoms with E-state index in [4.69, 9.17) is 22.9 Å². The maximum Gasteiger partial charge on any atom is 0.325 e. The first-order valence-corrected chi connectivity index (χ1v) is 19.3. The lowest BCUT2D eigenvalue weighted by molar-refractivity contribution is -0.144. The number of guanidine groups is 1. The van der Waals surface area contributed by atoms with Gasteiger partial charge in [0.25, 0.3) is 0 Å². The van der Waals surface area contributed by atoms with Crippen LogP contribution in [0.5, 0.6) is 0 Å². The monoisotopic (exact) mass is 858 g/mol. The van der Waals surface area contributed by atoms with Crippen molar-refractivity contribution in [1.82, 2.24) is 36.8 Å². The Morgan fingerprint density at radius 1 is 0.717 bits per heavy atom. The van der Waals surface area contributed by atoms with E-state index in [-0.39, 0.29) is 38.3 Å². The van der Waals surface area contributed by atoms with Gasteiger partial charge in [0.05, 0.1) is 18.8 Å². The van der Waals surface area contributed by atoms with E-state index in [0.717, 1.165) is 6.92 Å². The molecule has 0 aromatic rings. The summed E-state index contributed by atoms with van der Waals surface area (Å²) in [5, 5.41) is 53.0. The molecule has 10 unspecified atom stereocenters. The van der Waals surface area contributed by atoms with Crippen molar-refractivity contribution in [3.63, 3.8) is 0 Å². The molecule has 1 aliphatic rings. The number of nitrogens with one attached hydrogen (secondary N) is 6. The number of primary amides is 1. The third kappa shape index (κ3) is 16.9. The molecule has 10 atom stereocenters. The Kier molecular flexibility index (Phi) is 21.9. The number of carboxylic acid groups (broad SMARTS) is 1. The second kappa shape index (κ2) is 25.1. The molecule has 0 aromatic heterocycles. The van der Waals surface area contributed by atoms with Crippen LogP contribution in [0.1, 0.15) is 73.1 Å². The number of likely N-dealkylation sites (tertiary alicyclic amines) is 1. The first-order chi connectivity index (χ1) is 27.9. The number of aliphatic hydroxyl groups is 3. The number of nitrogens with zero attached hydrogens (tertiary/aromatic N) is 2. The molecular formula is C35H62N12O13. The fourth-order valence-corrected chi connectivity index (χ4v) is 5.84. The lowest BCUT2D eigenvalue weighted by Crippen LogP contribution is -2.62. The molecule has 1 saturated heterocycles. The summed E-state index contributed by atoms with van der Waals surface area (Å²) in [4.78, 5) is 121. The highest BCUT2D eigenvalue weighted by molar-refractivity contribution is 5.98. The van der Waals surface area contributed by atoms with Gasteiger partial charge in [-0.15, -0.1) is 0 Å². The number of aliphatic imine (C=N–C) groups is 1. The Hall–Kier alpha value is -5.66. The van der Waals surface area contributed by atoms with E-state index in [9.17, 15) is 63.6 Å². The zero-order valence-electron chi connectivity index (χ0n) is 34.4. The standard InChI is InChI=1S/C35H62N12O13/c1-15(2)25(31(56)43-20(8-6-12-40-35(38)39)33(58)47-13-7-9-22(47)29(54)41-16(3)34(59)60)45-27(52)19(10-11-23(36)51)42-28(53)21(14-48)44-32(57)26(18(5)50)46-30(55)24(37)17(4)49/h15-22,24-26,48-50H,6-14,37H2,1-5H3,(H2,36,51)(H,41,54)(H,42,53)(H,43,56)(H,44,57)(H,45,52)(H,46,55)(H,59,60)(H4,38,39,40). The van der Waals surface area contributed by atoms with Gasteiger partial charge in [-0.1, -0.05) is 13.8 Å². The average molecular weight is 859 g/mol. The predicted molar refractivity (Wildman–Crippen MR) is 211 cm³/mol. The number of aliphatic carboxylic acids is 1. The Bertz CT molecular complexity index is 1570. The number of aliphatic hydroxyl groups excluding tert-OH is 3. The molecular weight excluding hydrogens is 796 g/mol. The van der Waals surface area contributed by atoms with E-state index in [1.54, 1.807) is 13.8 Å². The van der Waals surface area contributed by atoms with Crippen LogP contribution in [0.25, 0.3) is 0 Å². The number of amides is 8. The lowest BCUT2D eigenvalue weighted by atomic mass is 10.0. The fraction of sp³-hybridized carbons (Fsp3) is 0.714. The van der Waals surface area contributed by atoms with E-state index < -0.39 is 139 Å². The quantitative estimate of drug-likeness (QED) is 0.0230. The Balaban J connectivity index is 3.32. The highest BCUT2D eigenvalue weighted by Crippen LogP contribution is 2.20. The summed E-state index contributed by atoms with van der Waals surface area (Å²) >= 11 is 0. The second-order valence-electron chi connectivity index (χ2n) is 14.8. The van der Waals surface area contributed by atoms with Gasteiger partial charge in [-0.2, -0.15) is 0 Å². The number of hydrogen-bond acceptors (Lipinski definition) is 14. The summed E-state index contributed by atoms with van der Waals surface area (Å²) in [6.45, 7) is 5.86. The molecule has 18 N–H and O–H groups in total. The summed E-state index contributed by atoms with van der Waals surface area (Å²) in [5.41, 5.74) is 21.7. The predicted octanol–water partition coefficient (Wildman–Crippen LogP) is -6.95. The third-order valence-corrected chi connectivity index (χ3v) is 9.39. The summed E-state index contributed by atoms with van der Waals surface area (Å²) in [5.74, 6) is -9.61. The van der Waals surface area contributed by atoms with Crippen molar-refractivity contribution in [3.8, 4) is 0 Å². The number of carbonyl (C=O) groups excluding carboxylic acids is 8. The maximum absolute atomic E-state index is 13.9. The van der Waals surface area contributed by atoms with Crippen LogP contribution < -0.4 is 54.8 Å². The Labute approximate surface area is 346 Å². The van der Waals surface area contributed by atoms with E-state index in [1.807, 2.05) is 0 Å². The molecule has 25 heteroatoms. The molecule has 0 spiro atoms. The lowest BCUT2D eigenvalue weighted by Gasteiger charge is -2.31. The number of rotatable bonds is 25. The van der Waals surface area contributed by atoms with Gasteiger partial charge in [-0.05, 0) is 58.8 Å². The minimum absolute atomic E-state index is 0.0327. The highest BCUT2D eigenvalue weighted by atomic mass is 16.4. The fourth-order valence-electron chi connectivity index (χ4n) is 5.84. The van der Waals surface area contributed by atoms with Gasteiger partial charge in [0.1, 0.15) is 48.3 Å². The summed E-state index contributed by atoms with van der Waals surface area (Å²) in [6, 6.07) is -11.5. The van der Waals surface area contributed by atoms with Crippen LogP contribution in [0.4, 0.5) is 0 Å². The van der Waals surface area contributed by atoms with Crippen molar-refractivity contribution < 1.29 is 63.6 Å². The van der Waals surface area contributed by atoms with Crippen molar-refractivity contribution in [2.24, 2.45) is 33.8 Å². The van der Waals surface area contributed by atoms with E-state index in [0.29, 0.717) is 6.42 Å². The SMILES string of the molecule is CC(NC(=O)C1CCCN1C(=O)C(CCCN=C(N)N)NC(=O)C(NC(=O)C(CCC(N)=O)NC(=O)C(CO)NC(=O)C(NC(=O)C(N)C(C)O)C(C)O)C(C)C)C(=O)O. The van der Waals surface area contributed by atoms with Crippen molar-refractivity contribution in [1.29, 1.82) is 0 Å². The molecule has 60 heavy (non-hydrogen) atoms. The molecule has 0 aliphatic carbocycles. The molecule has 1 fully saturated rings. The second-order valence-corrected chi connectivity index (χ2v) is 14.8. The van der Waals surface area contributed by atoms with Crippen LogP contribution in [0.15, 0.2) is 4.99 Å². The van der Waals surface area contributed by atoms with Gasteiger partial charge in [-0.25, -0.2) is 0 Å². The van der Waals surface area contributed by atoms with E-state index >= 15 is 0 Å². The number of carbonyl (C=O) groups is 9. The van der Waals surface area contributed by atoms with E-state index in [2.05, 4.69) is 36.9 Å². The zero-order chi connectivity index (χ0) is 46.0. The van der Waals surface area contributed by atoms with Crippen LogP contribution >= 0.6 is 0 Å². The van der Waals surface area contributed by atoms with Crippen LogP contribution in [-0.2, 0) is 43.2 Å². The van der Waals surface area contributed by atoms with Crippen LogP contribution in [0.2, 0.25) is 0 Å². The molecule has 1 rings (SSSR count). The van der Waals surface area contributed by atoms with Gasteiger partial charge in [0.15, 0.2) is 5.96 Å². The average Bonchev–Trinajstić information content (AvgIpc) is 3.66. The van der Waals surface area contributed by atoms with Crippen LogP contribution in [0, 0.1) is 5.92 Å². The minimum atomic E-state index is -1.79. The largest absolute Gasteiger partial charge is 0.480 e. The van der Waals surface area contributed by atoms with Gasteiger partial charge in [-0.3, -0.25) is 48.1 Å². The summed E-state index contributed by atoms with van der Waals surface area (Å²) < 4.78 is 0. The molecule has 25 nitrogen and oxygen atoms in total. The van der Waals surface area contributed by atoms with Crippen LogP contribution in [0.3, 0.4) is 0 Å². The normalized spacial score (nSPS) is 18.2. The van der Waals surface area contributed by atoms with Crippen molar-refractivity contribution in [2.75, 3.05) is 19.7 Å². The Morgan fingerprint density at radius 2 is 1.27 bits per heavy atom. The first-order valence-electron chi connectivity index (χ1n) is 19.3. The Morgan fingerprint density at radius 3 is 1.78 bits per heavy atom. The van der Waals surface area contributed by atoms with Crippen molar-refractivity contribution in [2.45, 2.75) is 134 Å². The molecule has 0 radical (unpaired) electrons. The first kappa shape index (κ1) is 52.4. The molecule has 340 valence electrons. The number of hydrogen-bond donors (Lipinski definition) is 14. The third-order valence-electron chi connectivity index (χ3n) is 9.39. The maximum atomic E-state index is 13.9. The smallest absolute Gasteiger partial charge is 0.325 e. The van der Waals surface area contributed by atoms with Gasteiger partial charge >= 0.3 is 5.97 Å². The number of nitrogens with two attached hydrogens (primary N) is 4. The summed E-state index contributed by atoms with van der Waals surface area (Å²) in [7, 11) is 0. The minimum Gasteiger partial charge on any atom is -0.480 e. The van der Waals surface area contributed by atoms with E-state index in [1.165, 1.54) is 18.7 Å². The van der Waals surface area contributed by atoms with Gasteiger partial charge in [0, 0.05) is 19.5 Å². The molecule has 8 amide bonds. The van der Waals surface area contributed by atoms with Crippen LogP contribution in [-0.4, -0.2) is 165 Å². The topological polar surface area (TPSA) is 426 Å². The summed E-state index contributed by atoms with van der Waals surface area (Å²) in [6.07, 6.45) is -2.97. The molecule has 0 aromatic carbocycles.